The Balaban J connectivity index is 1.79. The molecule has 2 aromatic rings. The number of amides is 1. The highest BCUT2D eigenvalue weighted by atomic mass is 35.5. The van der Waals surface area contributed by atoms with Gasteiger partial charge in [-0.1, -0.05) is 11.6 Å². The van der Waals surface area contributed by atoms with Crippen molar-refractivity contribution in [3.63, 3.8) is 0 Å². The van der Waals surface area contributed by atoms with E-state index in [0.717, 1.165) is 10.9 Å². The van der Waals surface area contributed by atoms with E-state index in [2.05, 4.69) is 10.3 Å². The average Bonchev–Trinajstić information content (AvgIpc) is 2.92. The van der Waals surface area contributed by atoms with Crippen molar-refractivity contribution >= 4 is 38.2 Å². The van der Waals surface area contributed by atoms with Gasteiger partial charge in [-0.2, -0.15) is 0 Å². The summed E-state index contributed by atoms with van der Waals surface area (Å²) in [6, 6.07) is 6.71. The zero-order valence-electron chi connectivity index (χ0n) is 10.5. The van der Waals surface area contributed by atoms with Crippen molar-refractivity contribution in [3.05, 3.63) is 35.0 Å². The molecule has 2 heterocycles. The number of hydrogen-bond acceptors (Lipinski definition) is 3. The number of carbonyl (C=O) groups is 1. The SMILES string of the molecule is O=C(N[C@H]1CCS(=O)(=O)C1)c1cc2cc(Cl)ccc2[nH]1. The lowest BCUT2D eigenvalue weighted by Gasteiger charge is -2.09. The molecule has 5 nitrogen and oxygen atoms in total. The second-order valence-corrected chi connectivity index (χ2v) is 7.65. The van der Waals surface area contributed by atoms with E-state index in [-0.39, 0.29) is 23.5 Å². The highest BCUT2D eigenvalue weighted by Crippen LogP contribution is 2.20. The summed E-state index contributed by atoms with van der Waals surface area (Å²) in [7, 11) is -3.00. The maximum Gasteiger partial charge on any atom is 0.267 e. The molecule has 106 valence electrons. The Morgan fingerprint density at radius 3 is 2.85 bits per heavy atom. The molecule has 20 heavy (non-hydrogen) atoms. The van der Waals surface area contributed by atoms with Crippen LogP contribution in [0.2, 0.25) is 5.02 Å². The fourth-order valence-corrected chi connectivity index (χ4v) is 4.25. The van der Waals surface area contributed by atoms with Crippen LogP contribution >= 0.6 is 11.6 Å². The van der Waals surface area contributed by atoms with E-state index < -0.39 is 9.84 Å². The third-order valence-electron chi connectivity index (χ3n) is 3.40. The molecule has 2 N–H and O–H groups in total. The smallest absolute Gasteiger partial charge is 0.267 e. The van der Waals surface area contributed by atoms with Crippen molar-refractivity contribution < 1.29 is 13.2 Å². The number of sulfone groups is 1. The quantitative estimate of drug-likeness (QED) is 0.886. The highest BCUT2D eigenvalue weighted by Gasteiger charge is 2.29. The number of aromatic nitrogens is 1. The first-order valence-electron chi connectivity index (χ1n) is 6.22. The van der Waals surface area contributed by atoms with Gasteiger partial charge in [-0.25, -0.2) is 8.42 Å². The minimum Gasteiger partial charge on any atom is -0.351 e. The van der Waals surface area contributed by atoms with Crippen LogP contribution in [0.4, 0.5) is 0 Å². The Kier molecular flexibility index (Phi) is 3.22. The van der Waals surface area contributed by atoms with Crippen LogP contribution in [-0.4, -0.2) is 36.9 Å². The van der Waals surface area contributed by atoms with Crippen LogP contribution in [0.15, 0.2) is 24.3 Å². The van der Waals surface area contributed by atoms with E-state index >= 15 is 0 Å². The summed E-state index contributed by atoms with van der Waals surface area (Å²) in [5.74, 6) is -0.134. The highest BCUT2D eigenvalue weighted by molar-refractivity contribution is 7.91. The first-order valence-corrected chi connectivity index (χ1v) is 8.42. The Morgan fingerprint density at radius 1 is 1.35 bits per heavy atom. The first-order chi connectivity index (χ1) is 9.43. The summed E-state index contributed by atoms with van der Waals surface area (Å²) in [6.45, 7) is 0. The Bertz CT molecular complexity index is 782. The van der Waals surface area contributed by atoms with Crippen molar-refractivity contribution in [1.29, 1.82) is 0 Å². The predicted octanol–water partition coefficient (Wildman–Crippen LogP) is 1.74. The predicted molar refractivity (Wildman–Crippen MR) is 77.8 cm³/mol. The van der Waals surface area contributed by atoms with Crippen molar-refractivity contribution in [2.75, 3.05) is 11.5 Å². The molecule has 1 saturated heterocycles. The van der Waals surface area contributed by atoms with Gasteiger partial charge in [-0.15, -0.1) is 0 Å². The molecule has 1 amide bonds. The van der Waals surface area contributed by atoms with Gasteiger partial charge in [0, 0.05) is 22.0 Å². The monoisotopic (exact) mass is 312 g/mol. The molecule has 3 rings (SSSR count). The van der Waals surface area contributed by atoms with Crippen LogP contribution in [0, 0.1) is 0 Å². The van der Waals surface area contributed by atoms with Crippen LogP contribution < -0.4 is 5.32 Å². The maximum absolute atomic E-state index is 12.1. The van der Waals surface area contributed by atoms with E-state index in [0.29, 0.717) is 17.1 Å². The zero-order valence-corrected chi connectivity index (χ0v) is 12.1. The van der Waals surface area contributed by atoms with Crippen molar-refractivity contribution in [2.45, 2.75) is 12.5 Å². The molecule has 0 bridgehead atoms. The second-order valence-electron chi connectivity index (χ2n) is 4.99. The first kappa shape index (κ1) is 13.5. The maximum atomic E-state index is 12.1. The van der Waals surface area contributed by atoms with Crippen LogP contribution in [-0.2, 0) is 9.84 Å². The number of H-pyrrole nitrogens is 1. The minimum absolute atomic E-state index is 0.0186. The molecule has 7 heteroatoms. The number of halogens is 1. The number of rotatable bonds is 2. The van der Waals surface area contributed by atoms with Gasteiger partial charge in [-0.05, 0) is 30.7 Å². The minimum atomic E-state index is -3.00. The molecule has 0 aliphatic carbocycles. The van der Waals surface area contributed by atoms with Gasteiger partial charge in [0.2, 0.25) is 0 Å². The number of fused-ring (bicyclic) bond motifs is 1. The van der Waals surface area contributed by atoms with E-state index in [1.807, 2.05) is 0 Å². The molecule has 0 saturated carbocycles. The summed E-state index contributed by atoms with van der Waals surface area (Å²) in [5, 5.41) is 4.19. The lowest BCUT2D eigenvalue weighted by Crippen LogP contribution is -2.35. The lowest BCUT2D eigenvalue weighted by atomic mass is 10.2. The second kappa shape index (κ2) is 4.79. The summed E-state index contributed by atoms with van der Waals surface area (Å²) in [5.41, 5.74) is 1.23. The fourth-order valence-electron chi connectivity index (χ4n) is 2.40. The molecule has 0 radical (unpaired) electrons. The number of hydrogen-bond donors (Lipinski definition) is 2. The molecular formula is C13H13ClN2O3S. The normalized spacial score (nSPS) is 21.1. The van der Waals surface area contributed by atoms with Crippen molar-refractivity contribution in [1.82, 2.24) is 10.3 Å². The zero-order chi connectivity index (χ0) is 14.3. The molecule has 1 fully saturated rings. The summed E-state index contributed by atoms with van der Waals surface area (Å²) in [6.07, 6.45) is 0.472. The molecule has 0 spiro atoms. The van der Waals surface area contributed by atoms with Gasteiger partial charge >= 0.3 is 0 Å². The van der Waals surface area contributed by atoms with Crippen molar-refractivity contribution in [3.8, 4) is 0 Å². The number of carbonyl (C=O) groups excluding carboxylic acids is 1. The van der Waals surface area contributed by atoms with E-state index in [4.69, 9.17) is 11.6 Å². The van der Waals surface area contributed by atoms with E-state index in [9.17, 15) is 13.2 Å². The molecule has 1 atom stereocenters. The standard InChI is InChI=1S/C13H13ClN2O3S/c14-9-1-2-11-8(5-9)6-12(16-11)13(17)15-10-3-4-20(18,19)7-10/h1-2,5-6,10,16H,3-4,7H2,(H,15,17)/t10-/m0/s1. The largest absolute Gasteiger partial charge is 0.351 e. The molecule has 1 aliphatic heterocycles. The number of aromatic amines is 1. The fraction of sp³-hybridized carbons (Fsp3) is 0.308. The topological polar surface area (TPSA) is 79.0 Å². The van der Waals surface area contributed by atoms with Crippen molar-refractivity contribution in [2.24, 2.45) is 0 Å². The molecule has 0 unspecified atom stereocenters. The van der Waals surface area contributed by atoms with Crippen LogP contribution in [0.25, 0.3) is 10.9 Å². The summed E-state index contributed by atoms with van der Waals surface area (Å²) >= 11 is 5.90. The Morgan fingerprint density at radius 2 is 2.15 bits per heavy atom. The Hall–Kier alpha value is -1.53. The Labute approximate surface area is 121 Å². The molecular weight excluding hydrogens is 300 g/mol. The van der Waals surface area contributed by atoms with Gasteiger partial charge < -0.3 is 10.3 Å². The number of benzene rings is 1. The third-order valence-corrected chi connectivity index (χ3v) is 5.40. The van der Waals surface area contributed by atoms with Crippen LogP contribution in [0.3, 0.4) is 0 Å². The summed E-state index contributed by atoms with van der Waals surface area (Å²) < 4.78 is 22.7. The van der Waals surface area contributed by atoms with Gasteiger partial charge in [-0.3, -0.25) is 4.79 Å². The van der Waals surface area contributed by atoms with Crippen LogP contribution in [0.1, 0.15) is 16.9 Å². The van der Waals surface area contributed by atoms with E-state index in [1.54, 1.807) is 24.3 Å². The average molecular weight is 313 g/mol. The van der Waals surface area contributed by atoms with Crippen LogP contribution in [0.5, 0.6) is 0 Å². The number of nitrogens with one attached hydrogen (secondary N) is 2. The summed E-state index contributed by atoms with van der Waals surface area (Å²) in [4.78, 5) is 15.1. The van der Waals surface area contributed by atoms with Gasteiger partial charge in [0.1, 0.15) is 5.69 Å². The third kappa shape index (κ3) is 2.66. The van der Waals surface area contributed by atoms with E-state index in [1.165, 1.54) is 0 Å². The van der Waals surface area contributed by atoms with Gasteiger partial charge in [0.25, 0.3) is 5.91 Å². The molecule has 1 aromatic carbocycles. The van der Waals surface area contributed by atoms with Gasteiger partial charge in [0.05, 0.1) is 11.5 Å². The lowest BCUT2D eigenvalue weighted by molar-refractivity contribution is 0.0937. The molecule has 1 aromatic heterocycles. The van der Waals surface area contributed by atoms with Gasteiger partial charge in [0.15, 0.2) is 9.84 Å². The molecule has 1 aliphatic rings.